The van der Waals surface area contributed by atoms with Crippen LogP contribution in [0.1, 0.15) is 11.1 Å². The zero-order chi connectivity index (χ0) is 16.8. The first-order valence-corrected chi connectivity index (χ1v) is 7.58. The predicted octanol–water partition coefficient (Wildman–Crippen LogP) is 4.32. The Morgan fingerprint density at radius 2 is 1.88 bits per heavy atom. The van der Waals surface area contributed by atoms with E-state index in [4.69, 9.17) is 15.9 Å². The molecule has 0 unspecified atom stereocenters. The van der Waals surface area contributed by atoms with Crippen LogP contribution in [0.5, 0.6) is 11.6 Å². The molecular formula is C21H17NO2. The normalized spacial score (nSPS) is 10.0. The van der Waals surface area contributed by atoms with E-state index in [9.17, 15) is 0 Å². The van der Waals surface area contributed by atoms with Gasteiger partial charge in [-0.1, -0.05) is 36.3 Å². The topological polar surface area (TPSA) is 31.4 Å². The van der Waals surface area contributed by atoms with Gasteiger partial charge in [0.05, 0.1) is 7.11 Å². The minimum absolute atomic E-state index is 0.489. The number of aromatic nitrogens is 1. The second-order valence-electron chi connectivity index (χ2n) is 5.22. The molecule has 0 radical (unpaired) electrons. The van der Waals surface area contributed by atoms with Crippen molar-refractivity contribution in [2.24, 2.45) is 0 Å². The molecule has 0 saturated carbocycles. The molecule has 0 saturated heterocycles. The van der Waals surface area contributed by atoms with Gasteiger partial charge >= 0.3 is 0 Å². The molecule has 0 fully saturated rings. The highest BCUT2D eigenvalue weighted by molar-refractivity contribution is 5.71. The predicted molar refractivity (Wildman–Crippen MR) is 94.9 cm³/mol. The summed E-state index contributed by atoms with van der Waals surface area (Å²) in [6.07, 6.45) is 7.24. The Kier molecular flexibility index (Phi) is 4.78. The van der Waals surface area contributed by atoms with Crippen LogP contribution in [0.2, 0.25) is 0 Å². The molecule has 3 nitrogen and oxygen atoms in total. The van der Waals surface area contributed by atoms with Crippen molar-refractivity contribution >= 4 is 0 Å². The van der Waals surface area contributed by atoms with E-state index in [0.29, 0.717) is 12.5 Å². The molecule has 0 spiro atoms. The third kappa shape index (κ3) is 3.56. The standard InChI is InChI=1S/C21H17NO2/c1-3-16-9-11-20(23-2)19(13-16)18-10-12-21(22-14-18)24-15-17-7-5-4-6-8-17/h1,4-14H,15H2,2H3. The number of terminal acetylenes is 1. The highest BCUT2D eigenvalue weighted by atomic mass is 16.5. The molecule has 0 aliphatic heterocycles. The van der Waals surface area contributed by atoms with Crippen molar-refractivity contribution in [1.82, 2.24) is 4.98 Å². The third-order valence-corrected chi connectivity index (χ3v) is 3.64. The van der Waals surface area contributed by atoms with Crippen molar-refractivity contribution in [1.29, 1.82) is 0 Å². The van der Waals surface area contributed by atoms with Crippen LogP contribution < -0.4 is 9.47 Å². The molecule has 118 valence electrons. The lowest BCUT2D eigenvalue weighted by Gasteiger charge is -2.10. The zero-order valence-corrected chi connectivity index (χ0v) is 13.4. The van der Waals surface area contributed by atoms with Gasteiger partial charge in [-0.25, -0.2) is 4.98 Å². The number of methoxy groups -OCH3 is 1. The highest BCUT2D eigenvalue weighted by Gasteiger charge is 2.08. The molecule has 1 heterocycles. The first-order valence-electron chi connectivity index (χ1n) is 7.58. The Morgan fingerprint density at radius 3 is 2.54 bits per heavy atom. The monoisotopic (exact) mass is 315 g/mol. The van der Waals surface area contributed by atoms with Gasteiger partial charge in [-0.05, 0) is 29.8 Å². The number of rotatable bonds is 5. The molecule has 3 heteroatoms. The molecule has 3 aromatic rings. The lowest BCUT2D eigenvalue weighted by atomic mass is 10.0. The van der Waals surface area contributed by atoms with Gasteiger partial charge < -0.3 is 9.47 Å². The molecule has 2 aromatic carbocycles. The number of hydrogen-bond acceptors (Lipinski definition) is 3. The van der Waals surface area contributed by atoms with Gasteiger partial charge in [0.25, 0.3) is 0 Å². The van der Waals surface area contributed by atoms with Crippen LogP contribution in [0.15, 0.2) is 66.9 Å². The van der Waals surface area contributed by atoms with Gasteiger partial charge in [-0.3, -0.25) is 0 Å². The molecule has 0 aliphatic rings. The van der Waals surface area contributed by atoms with E-state index in [1.54, 1.807) is 13.3 Å². The number of nitrogens with zero attached hydrogens (tertiary/aromatic N) is 1. The van der Waals surface area contributed by atoms with Gasteiger partial charge in [0.1, 0.15) is 12.4 Å². The summed E-state index contributed by atoms with van der Waals surface area (Å²) < 4.78 is 11.1. The maximum absolute atomic E-state index is 5.71. The van der Waals surface area contributed by atoms with Gasteiger partial charge in [0.15, 0.2) is 0 Å². The Labute approximate surface area is 141 Å². The van der Waals surface area contributed by atoms with Crippen molar-refractivity contribution in [3.63, 3.8) is 0 Å². The number of hydrogen-bond donors (Lipinski definition) is 0. The van der Waals surface area contributed by atoms with E-state index in [1.165, 1.54) is 0 Å². The average Bonchev–Trinajstić information content (AvgIpc) is 2.67. The largest absolute Gasteiger partial charge is 0.496 e. The summed E-state index contributed by atoms with van der Waals surface area (Å²) >= 11 is 0. The van der Waals surface area contributed by atoms with Crippen LogP contribution >= 0.6 is 0 Å². The molecular weight excluding hydrogens is 298 g/mol. The molecule has 24 heavy (non-hydrogen) atoms. The molecule has 1 aromatic heterocycles. The summed E-state index contributed by atoms with van der Waals surface area (Å²) in [6.45, 7) is 0.489. The number of ether oxygens (including phenoxy) is 2. The molecule has 0 amide bonds. The number of benzene rings is 2. The van der Waals surface area contributed by atoms with Gasteiger partial charge in [-0.2, -0.15) is 0 Å². The number of pyridine rings is 1. The van der Waals surface area contributed by atoms with Gasteiger partial charge in [0.2, 0.25) is 5.88 Å². The second kappa shape index (κ2) is 7.34. The lowest BCUT2D eigenvalue weighted by Crippen LogP contribution is -1.97. The molecule has 0 atom stereocenters. The van der Waals surface area contributed by atoms with Crippen molar-refractivity contribution in [2.45, 2.75) is 6.61 Å². The summed E-state index contributed by atoms with van der Waals surface area (Å²) in [5.41, 5.74) is 3.74. The first-order chi connectivity index (χ1) is 11.8. The van der Waals surface area contributed by atoms with Crippen molar-refractivity contribution < 1.29 is 9.47 Å². The Balaban J connectivity index is 1.78. The fourth-order valence-corrected chi connectivity index (χ4v) is 2.38. The molecule has 0 bridgehead atoms. The van der Waals surface area contributed by atoms with E-state index in [0.717, 1.165) is 28.0 Å². The van der Waals surface area contributed by atoms with Crippen molar-refractivity contribution in [2.75, 3.05) is 7.11 Å². The Morgan fingerprint density at radius 1 is 1.04 bits per heavy atom. The van der Waals surface area contributed by atoms with Crippen LogP contribution in [0, 0.1) is 12.3 Å². The summed E-state index contributed by atoms with van der Waals surface area (Å²) in [5, 5.41) is 0. The van der Waals surface area contributed by atoms with E-state index in [1.807, 2.05) is 60.7 Å². The highest BCUT2D eigenvalue weighted by Crippen LogP contribution is 2.31. The summed E-state index contributed by atoms with van der Waals surface area (Å²) in [5.74, 6) is 3.97. The Hall–Kier alpha value is -3.25. The SMILES string of the molecule is C#Cc1ccc(OC)c(-c2ccc(OCc3ccccc3)nc2)c1. The molecule has 0 N–H and O–H groups in total. The van der Waals surface area contributed by atoms with Crippen LogP contribution in [-0.4, -0.2) is 12.1 Å². The average molecular weight is 315 g/mol. The maximum Gasteiger partial charge on any atom is 0.213 e. The van der Waals surface area contributed by atoms with E-state index in [2.05, 4.69) is 10.9 Å². The quantitative estimate of drug-likeness (QED) is 0.657. The Bertz CT molecular complexity index is 849. The van der Waals surface area contributed by atoms with E-state index in [-0.39, 0.29) is 0 Å². The van der Waals surface area contributed by atoms with Crippen molar-refractivity contribution in [3.8, 4) is 35.1 Å². The molecule has 0 aliphatic carbocycles. The second-order valence-corrected chi connectivity index (χ2v) is 5.22. The maximum atomic E-state index is 5.71. The minimum Gasteiger partial charge on any atom is -0.496 e. The van der Waals surface area contributed by atoms with Crippen LogP contribution in [0.25, 0.3) is 11.1 Å². The van der Waals surface area contributed by atoms with Crippen LogP contribution in [-0.2, 0) is 6.61 Å². The smallest absolute Gasteiger partial charge is 0.213 e. The van der Waals surface area contributed by atoms with Gasteiger partial charge in [0, 0.05) is 29.0 Å². The van der Waals surface area contributed by atoms with E-state index < -0.39 is 0 Å². The van der Waals surface area contributed by atoms with E-state index >= 15 is 0 Å². The minimum atomic E-state index is 0.489. The van der Waals surface area contributed by atoms with Crippen LogP contribution in [0.4, 0.5) is 0 Å². The lowest BCUT2D eigenvalue weighted by molar-refractivity contribution is 0.294. The van der Waals surface area contributed by atoms with Crippen LogP contribution in [0.3, 0.4) is 0 Å². The summed E-state index contributed by atoms with van der Waals surface area (Å²) in [7, 11) is 1.64. The summed E-state index contributed by atoms with van der Waals surface area (Å²) in [6, 6.07) is 19.4. The molecule has 3 rings (SSSR count). The first kappa shape index (κ1) is 15.6. The summed E-state index contributed by atoms with van der Waals surface area (Å²) in [4.78, 5) is 4.37. The third-order valence-electron chi connectivity index (χ3n) is 3.64. The zero-order valence-electron chi connectivity index (χ0n) is 13.4. The van der Waals surface area contributed by atoms with Gasteiger partial charge in [-0.15, -0.1) is 6.42 Å². The fraction of sp³-hybridized carbons (Fsp3) is 0.0952. The van der Waals surface area contributed by atoms with Crippen molar-refractivity contribution in [3.05, 3.63) is 78.0 Å². The fourth-order valence-electron chi connectivity index (χ4n) is 2.38.